The first-order valence-corrected chi connectivity index (χ1v) is 9.35. The molecule has 1 aliphatic rings. The molecule has 0 radical (unpaired) electrons. The number of anilines is 1. The summed E-state index contributed by atoms with van der Waals surface area (Å²) in [4.78, 5) is 23.9. The number of aromatic amines is 2. The Bertz CT molecular complexity index is 1170. The molecule has 3 heterocycles. The van der Waals surface area contributed by atoms with E-state index in [0.717, 1.165) is 47.1 Å². The van der Waals surface area contributed by atoms with Crippen molar-refractivity contribution < 1.29 is 0 Å². The van der Waals surface area contributed by atoms with Crippen LogP contribution in [0.4, 0.5) is 5.69 Å². The van der Waals surface area contributed by atoms with Crippen molar-refractivity contribution in [2.75, 3.05) is 18.4 Å². The van der Waals surface area contributed by atoms with Gasteiger partial charge in [0.15, 0.2) is 0 Å². The van der Waals surface area contributed by atoms with Crippen LogP contribution in [0.1, 0.15) is 6.42 Å². The Morgan fingerprint density at radius 3 is 2.81 bits per heavy atom. The molecule has 0 aliphatic carbocycles. The van der Waals surface area contributed by atoms with Crippen LogP contribution in [0, 0.1) is 0 Å². The fourth-order valence-corrected chi connectivity index (χ4v) is 3.87. The molecule has 1 fully saturated rings. The van der Waals surface area contributed by atoms with Crippen LogP contribution in [0.3, 0.4) is 0 Å². The number of halogens is 1. The molecular weight excluding hydrogens is 362 g/mol. The van der Waals surface area contributed by atoms with E-state index < -0.39 is 0 Å². The highest BCUT2D eigenvalue weighted by atomic mass is 35.5. The molecule has 0 amide bonds. The average Bonchev–Trinajstić information content (AvgIpc) is 3.31. The molecule has 4 N–H and O–H groups in total. The van der Waals surface area contributed by atoms with Gasteiger partial charge in [-0.05, 0) is 43.3 Å². The third-order valence-corrected chi connectivity index (χ3v) is 5.25. The van der Waals surface area contributed by atoms with Crippen LogP contribution in [-0.4, -0.2) is 34.1 Å². The first-order valence-electron chi connectivity index (χ1n) is 8.97. The van der Waals surface area contributed by atoms with Gasteiger partial charge in [0.05, 0.1) is 22.2 Å². The molecule has 1 saturated heterocycles. The zero-order chi connectivity index (χ0) is 18.4. The van der Waals surface area contributed by atoms with Crippen LogP contribution in [0.25, 0.3) is 33.3 Å². The SMILES string of the molecule is O=c1[nH]c2ccc(Cl)cc2c(N[C@H]2CCNC2)c1-c1nc2ccccc2[nH]1. The van der Waals surface area contributed by atoms with Gasteiger partial charge in [0, 0.05) is 23.0 Å². The molecular formula is C20H18ClN5O. The number of nitrogens with one attached hydrogen (secondary N) is 4. The maximum Gasteiger partial charge on any atom is 0.261 e. The van der Waals surface area contributed by atoms with Crippen molar-refractivity contribution in [3.05, 3.63) is 57.8 Å². The summed E-state index contributed by atoms with van der Waals surface area (Å²) < 4.78 is 0. The number of aromatic nitrogens is 3. The van der Waals surface area contributed by atoms with E-state index in [1.165, 1.54) is 0 Å². The molecule has 27 heavy (non-hydrogen) atoms. The summed E-state index contributed by atoms with van der Waals surface area (Å²) in [5, 5.41) is 8.41. The first-order chi connectivity index (χ1) is 13.2. The molecule has 136 valence electrons. The van der Waals surface area contributed by atoms with Gasteiger partial charge in [-0.25, -0.2) is 4.98 Å². The van der Waals surface area contributed by atoms with Crippen molar-refractivity contribution in [2.45, 2.75) is 12.5 Å². The molecule has 6 nitrogen and oxygen atoms in total. The Balaban J connectivity index is 1.78. The molecule has 0 unspecified atom stereocenters. The molecule has 5 rings (SSSR count). The van der Waals surface area contributed by atoms with E-state index in [0.29, 0.717) is 16.4 Å². The van der Waals surface area contributed by atoms with Crippen LogP contribution >= 0.6 is 11.6 Å². The average molecular weight is 380 g/mol. The van der Waals surface area contributed by atoms with Gasteiger partial charge in [-0.2, -0.15) is 0 Å². The summed E-state index contributed by atoms with van der Waals surface area (Å²) in [7, 11) is 0. The maximum atomic E-state index is 13.0. The number of rotatable bonds is 3. The van der Waals surface area contributed by atoms with Gasteiger partial charge in [0.2, 0.25) is 0 Å². The molecule has 0 spiro atoms. The van der Waals surface area contributed by atoms with E-state index in [-0.39, 0.29) is 11.6 Å². The molecule has 0 saturated carbocycles. The monoisotopic (exact) mass is 379 g/mol. The van der Waals surface area contributed by atoms with Crippen LogP contribution < -0.4 is 16.2 Å². The van der Waals surface area contributed by atoms with Gasteiger partial charge in [0.25, 0.3) is 5.56 Å². The number of pyridine rings is 1. The lowest BCUT2D eigenvalue weighted by Crippen LogP contribution is -2.24. The minimum atomic E-state index is -0.183. The van der Waals surface area contributed by atoms with E-state index in [2.05, 4.69) is 25.6 Å². The zero-order valence-electron chi connectivity index (χ0n) is 14.5. The van der Waals surface area contributed by atoms with Crippen molar-refractivity contribution in [1.29, 1.82) is 0 Å². The Kier molecular flexibility index (Phi) is 3.88. The molecule has 1 aliphatic heterocycles. The second kappa shape index (κ2) is 6.40. The Morgan fingerprint density at radius 2 is 2.00 bits per heavy atom. The summed E-state index contributed by atoms with van der Waals surface area (Å²) in [6.07, 6.45) is 0.994. The van der Waals surface area contributed by atoms with Crippen LogP contribution in [-0.2, 0) is 0 Å². The van der Waals surface area contributed by atoms with E-state index in [1.54, 1.807) is 6.07 Å². The quantitative estimate of drug-likeness (QED) is 0.439. The lowest BCUT2D eigenvalue weighted by atomic mass is 10.1. The van der Waals surface area contributed by atoms with Crippen molar-refractivity contribution >= 4 is 39.2 Å². The predicted molar refractivity (Wildman–Crippen MR) is 110 cm³/mol. The highest BCUT2D eigenvalue weighted by molar-refractivity contribution is 6.31. The normalized spacial score (nSPS) is 17.0. The number of fused-ring (bicyclic) bond motifs is 2. The van der Waals surface area contributed by atoms with Crippen molar-refractivity contribution in [3.8, 4) is 11.4 Å². The van der Waals surface area contributed by atoms with Crippen LogP contribution in [0.2, 0.25) is 5.02 Å². The minimum Gasteiger partial charge on any atom is -0.380 e. The third-order valence-electron chi connectivity index (χ3n) is 5.01. The summed E-state index contributed by atoms with van der Waals surface area (Å²) in [5.74, 6) is 0.549. The van der Waals surface area contributed by atoms with Crippen molar-refractivity contribution in [1.82, 2.24) is 20.3 Å². The van der Waals surface area contributed by atoms with E-state index >= 15 is 0 Å². The van der Waals surface area contributed by atoms with E-state index in [4.69, 9.17) is 11.6 Å². The Morgan fingerprint density at radius 1 is 1.11 bits per heavy atom. The zero-order valence-corrected chi connectivity index (χ0v) is 15.2. The molecule has 1 atom stereocenters. The van der Waals surface area contributed by atoms with Crippen LogP contribution in [0.15, 0.2) is 47.3 Å². The van der Waals surface area contributed by atoms with Crippen molar-refractivity contribution in [3.63, 3.8) is 0 Å². The maximum absolute atomic E-state index is 13.0. The highest BCUT2D eigenvalue weighted by Gasteiger charge is 2.22. The number of hydrogen-bond acceptors (Lipinski definition) is 4. The van der Waals surface area contributed by atoms with Gasteiger partial charge in [-0.15, -0.1) is 0 Å². The number of hydrogen-bond donors (Lipinski definition) is 4. The smallest absolute Gasteiger partial charge is 0.261 e. The second-order valence-corrected chi connectivity index (χ2v) is 7.27. The van der Waals surface area contributed by atoms with Gasteiger partial charge in [0.1, 0.15) is 11.4 Å². The number of benzene rings is 2. The molecule has 2 aromatic carbocycles. The number of H-pyrrole nitrogens is 2. The number of nitrogens with zero attached hydrogens (tertiary/aromatic N) is 1. The predicted octanol–water partition coefficient (Wildman–Crippen LogP) is 3.50. The second-order valence-electron chi connectivity index (χ2n) is 6.83. The number of para-hydroxylation sites is 2. The third kappa shape index (κ3) is 2.87. The lowest BCUT2D eigenvalue weighted by molar-refractivity contribution is 0.794. The minimum absolute atomic E-state index is 0.183. The first kappa shape index (κ1) is 16.4. The summed E-state index contributed by atoms with van der Waals surface area (Å²) in [6.45, 7) is 1.81. The molecule has 2 aromatic heterocycles. The van der Waals surface area contributed by atoms with Gasteiger partial charge < -0.3 is 20.6 Å². The highest BCUT2D eigenvalue weighted by Crippen LogP contribution is 2.33. The fraction of sp³-hybridized carbons (Fsp3) is 0.200. The standard InChI is InChI=1S/C20H18ClN5O/c21-11-5-6-14-13(9-11)18(23-12-7-8-22-10-12)17(20(27)26-14)19-24-15-3-1-2-4-16(15)25-19/h1-6,9,12,22H,7-8,10H2,(H,24,25)(H2,23,26,27)/t12-/m0/s1. The molecule has 4 aromatic rings. The topological polar surface area (TPSA) is 85.6 Å². The largest absolute Gasteiger partial charge is 0.380 e. The summed E-state index contributed by atoms with van der Waals surface area (Å²) in [6, 6.07) is 13.5. The van der Waals surface area contributed by atoms with Crippen molar-refractivity contribution in [2.24, 2.45) is 0 Å². The molecule has 0 bridgehead atoms. The van der Waals surface area contributed by atoms with Crippen LogP contribution in [0.5, 0.6) is 0 Å². The van der Waals surface area contributed by atoms with Gasteiger partial charge >= 0.3 is 0 Å². The van der Waals surface area contributed by atoms with E-state index in [9.17, 15) is 4.79 Å². The summed E-state index contributed by atoms with van der Waals surface area (Å²) in [5.41, 5.74) is 3.56. The Labute approximate surface area is 160 Å². The Hall–Kier alpha value is -2.83. The molecule has 7 heteroatoms. The summed E-state index contributed by atoms with van der Waals surface area (Å²) >= 11 is 6.25. The van der Waals surface area contributed by atoms with Gasteiger partial charge in [-0.1, -0.05) is 23.7 Å². The number of imidazole rings is 1. The van der Waals surface area contributed by atoms with E-state index in [1.807, 2.05) is 36.4 Å². The van der Waals surface area contributed by atoms with Gasteiger partial charge in [-0.3, -0.25) is 4.79 Å². The lowest BCUT2D eigenvalue weighted by Gasteiger charge is -2.18. The fourth-order valence-electron chi connectivity index (χ4n) is 3.69.